The predicted molar refractivity (Wildman–Crippen MR) is 124 cm³/mol. The Hall–Kier alpha value is -3.22. The molecule has 174 valence electrons. The van der Waals surface area contributed by atoms with E-state index in [-0.39, 0.29) is 18.2 Å². The molecule has 0 radical (unpaired) electrons. The maximum atomic E-state index is 13.3. The summed E-state index contributed by atoms with van der Waals surface area (Å²) in [5.74, 6) is 1.89. The van der Waals surface area contributed by atoms with Crippen LogP contribution in [0.25, 0.3) is 0 Å². The monoisotopic (exact) mass is 442 g/mol. The molecule has 0 aromatic heterocycles. The third-order valence-electron chi connectivity index (χ3n) is 5.17. The maximum Gasteiger partial charge on any atom is 0.242 e. The number of benzene rings is 2. The largest absolute Gasteiger partial charge is 0.497 e. The number of rotatable bonds is 11. The molecule has 32 heavy (non-hydrogen) atoms. The highest BCUT2D eigenvalue weighted by Crippen LogP contribution is 2.28. The predicted octanol–water partition coefficient (Wildman–Crippen LogP) is 3.44. The second-order valence-corrected chi connectivity index (χ2v) is 8.05. The fraction of sp³-hybridized carbons (Fsp3) is 0.440. The van der Waals surface area contributed by atoms with Crippen LogP contribution in [0.5, 0.6) is 17.2 Å². The van der Waals surface area contributed by atoms with E-state index in [1.54, 1.807) is 45.3 Å². The fourth-order valence-corrected chi connectivity index (χ4v) is 3.23. The molecule has 0 aliphatic rings. The summed E-state index contributed by atoms with van der Waals surface area (Å²) < 4.78 is 15.8. The Morgan fingerprint density at radius 3 is 2.06 bits per heavy atom. The zero-order valence-corrected chi connectivity index (χ0v) is 19.8. The van der Waals surface area contributed by atoms with Crippen LogP contribution in [0.15, 0.2) is 42.5 Å². The van der Waals surface area contributed by atoms with Crippen LogP contribution in [0.3, 0.4) is 0 Å². The van der Waals surface area contributed by atoms with Crippen LogP contribution in [0.4, 0.5) is 0 Å². The van der Waals surface area contributed by atoms with Crippen LogP contribution in [0.1, 0.15) is 31.9 Å². The zero-order chi connectivity index (χ0) is 23.7. The van der Waals surface area contributed by atoms with Crippen molar-refractivity contribution in [3.8, 4) is 17.2 Å². The molecule has 2 aromatic rings. The van der Waals surface area contributed by atoms with E-state index in [4.69, 9.17) is 14.2 Å². The van der Waals surface area contributed by atoms with Crippen molar-refractivity contribution in [1.29, 1.82) is 0 Å². The average Bonchev–Trinajstić information content (AvgIpc) is 2.80. The summed E-state index contributed by atoms with van der Waals surface area (Å²) in [4.78, 5) is 27.7. The molecular formula is C25H34N2O5. The van der Waals surface area contributed by atoms with E-state index in [1.807, 2.05) is 44.2 Å². The van der Waals surface area contributed by atoms with Gasteiger partial charge in [-0.1, -0.05) is 32.0 Å². The summed E-state index contributed by atoms with van der Waals surface area (Å²) in [6.07, 6.45) is 0.137. The van der Waals surface area contributed by atoms with E-state index in [9.17, 15) is 9.59 Å². The number of carbonyl (C=O) groups excluding carboxylic acids is 2. The number of ether oxygens (including phenoxy) is 3. The van der Waals surface area contributed by atoms with E-state index in [0.717, 1.165) is 16.9 Å². The lowest BCUT2D eigenvalue weighted by atomic mass is 10.1. The highest BCUT2D eigenvalue weighted by Gasteiger charge is 2.26. The van der Waals surface area contributed by atoms with Crippen molar-refractivity contribution in [3.63, 3.8) is 0 Å². The lowest BCUT2D eigenvalue weighted by Crippen LogP contribution is -2.48. The minimum absolute atomic E-state index is 0.137. The topological polar surface area (TPSA) is 77.1 Å². The molecule has 7 heteroatoms. The van der Waals surface area contributed by atoms with Crippen molar-refractivity contribution in [3.05, 3.63) is 53.6 Å². The molecule has 0 aliphatic heterocycles. The van der Waals surface area contributed by atoms with E-state index in [2.05, 4.69) is 5.32 Å². The second kappa shape index (κ2) is 12.0. The van der Waals surface area contributed by atoms with Gasteiger partial charge < -0.3 is 24.4 Å². The molecule has 2 aromatic carbocycles. The van der Waals surface area contributed by atoms with Gasteiger partial charge in [0.2, 0.25) is 11.8 Å². The SMILES string of the molecule is COc1ccc(CN(C(=O)Cc2ccc(OC)c(OC)c2)[C@@H](C)C(=O)NCC(C)C)cc1. The number of nitrogens with one attached hydrogen (secondary N) is 1. The fourth-order valence-electron chi connectivity index (χ4n) is 3.23. The molecule has 0 saturated carbocycles. The van der Waals surface area contributed by atoms with Gasteiger partial charge in [-0.15, -0.1) is 0 Å². The summed E-state index contributed by atoms with van der Waals surface area (Å²) in [5.41, 5.74) is 1.69. The molecule has 0 heterocycles. The van der Waals surface area contributed by atoms with E-state index in [1.165, 1.54) is 0 Å². The lowest BCUT2D eigenvalue weighted by Gasteiger charge is -2.29. The van der Waals surface area contributed by atoms with Gasteiger partial charge in [0.15, 0.2) is 11.5 Å². The van der Waals surface area contributed by atoms with Crippen LogP contribution >= 0.6 is 0 Å². The Bertz CT molecular complexity index is 896. The van der Waals surface area contributed by atoms with Crippen molar-refractivity contribution in [1.82, 2.24) is 10.2 Å². The minimum atomic E-state index is -0.622. The summed E-state index contributed by atoms with van der Waals surface area (Å²) in [6, 6.07) is 12.2. The molecule has 2 rings (SSSR count). The van der Waals surface area contributed by atoms with E-state index >= 15 is 0 Å². The molecule has 1 atom stereocenters. The van der Waals surface area contributed by atoms with E-state index < -0.39 is 6.04 Å². The van der Waals surface area contributed by atoms with Gasteiger partial charge in [0.25, 0.3) is 0 Å². The van der Waals surface area contributed by atoms with Crippen LogP contribution in [0, 0.1) is 5.92 Å². The van der Waals surface area contributed by atoms with Gasteiger partial charge in [-0.25, -0.2) is 0 Å². The Morgan fingerprint density at radius 2 is 1.50 bits per heavy atom. The van der Waals surface area contributed by atoms with E-state index in [0.29, 0.717) is 30.5 Å². The molecule has 7 nitrogen and oxygen atoms in total. The molecule has 0 fully saturated rings. The van der Waals surface area contributed by atoms with Crippen LogP contribution in [-0.2, 0) is 22.6 Å². The quantitative estimate of drug-likeness (QED) is 0.577. The van der Waals surface area contributed by atoms with Gasteiger partial charge in [-0.3, -0.25) is 9.59 Å². The molecule has 1 N–H and O–H groups in total. The normalized spacial score (nSPS) is 11.6. The maximum absolute atomic E-state index is 13.3. The zero-order valence-electron chi connectivity index (χ0n) is 19.8. The Kier molecular flexibility index (Phi) is 9.38. The number of nitrogens with zero attached hydrogens (tertiary/aromatic N) is 1. The van der Waals surface area contributed by atoms with Crippen molar-refractivity contribution in [2.24, 2.45) is 5.92 Å². The van der Waals surface area contributed by atoms with Gasteiger partial charge >= 0.3 is 0 Å². The van der Waals surface area contributed by atoms with Crippen LogP contribution in [-0.4, -0.2) is 50.6 Å². The number of methoxy groups -OCH3 is 3. The number of carbonyl (C=O) groups is 2. The van der Waals surface area contributed by atoms with Gasteiger partial charge in [0.05, 0.1) is 27.8 Å². The van der Waals surface area contributed by atoms with Crippen LogP contribution < -0.4 is 19.5 Å². The average molecular weight is 443 g/mol. The number of hydrogen-bond acceptors (Lipinski definition) is 5. The molecule has 0 spiro atoms. The highest BCUT2D eigenvalue weighted by atomic mass is 16.5. The first kappa shape index (κ1) is 25.0. The van der Waals surface area contributed by atoms with Gasteiger partial charge in [0, 0.05) is 13.1 Å². The molecule has 0 unspecified atom stereocenters. The molecule has 0 bridgehead atoms. The second-order valence-electron chi connectivity index (χ2n) is 8.05. The first-order valence-electron chi connectivity index (χ1n) is 10.7. The number of amides is 2. The molecule has 0 aliphatic carbocycles. The molecular weight excluding hydrogens is 408 g/mol. The molecule has 0 saturated heterocycles. The first-order valence-corrected chi connectivity index (χ1v) is 10.7. The van der Waals surface area contributed by atoms with Gasteiger partial charge in [-0.2, -0.15) is 0 Å². The van der Waals surface area contributed by atoms with Crippen LogP contribution in [0.2, 0.25) is 0 Å². The minimum Gasteiger partial charge on any atom is -0.497 e. The van der Waals surface area contributed by atoms with Crippen molar-refractivity contribution in [2.75, 3.05) is 27.9 Å². The smallest absolute Gasteiger partial charge is 0.242 e. The third kappa shape index (κ3) is 6.90. The van der Waals surface area contributed by atoms with Crippen molar-refractivity contribution >= 4 is 11.8 Å². The van der Waals surface area contributed by atoms with Gasteiger partial charge in [0.1, 0.15) is 11.8 Å². The lowest BCUT2D eigenvalue weighted by molar-refractivity contribution is -0.140. The third-order valence-corrected chi connectivity index (χ3v) is 5.17. The van der Waals surface area contributed by atoms with Crippen molar-refractivity contribution < 1.29 is 23.8 Å². The Labute approximate surface area is 190 Å². The summed E-state index contributed by atoms with van der Waals surface area (Å²) >= 11 is 0. The summed E-state index contributed by atoms with van der Waals surface area (Å²) in [5, 5.41) is 2.93. The Morgan fingerprint density at radius 1 is 0.875 bits per heavy atom. The van der Waals surface area contributed by atoms with Crippen molar-refractivity contribution in [2.45, 2.75) is 39.8 Å². The highest BCUT2D eigenvalue weighted by molar-refractivity contribution is 5.88. The van der Waals surface area contributed by atoms with Gasteiger partial charge in [-0.05, 0) is 48.2 Å². The summed E-state index contributed by atoms with van der Waals surface area (Å²) in [6.45, 7) is 6.69. The Balaban J connectivity index is 2.25. The standard InChI is InChI=1S/C25H34N2O5/c1-17(2)15-26-25(29)18(3)27(16-19-7-10-21(30-4)11-8-19)24(28)14-20-9-12-22(31-5)23(13-20)32-6/h7-13,17-18H,14-16H2,1-6H3,(H,26,29)/t18-/m0/s1. The summed E-state index contributed by atoms with van der Waals surface area (Å²) in [7, 11) is 4.73. The number of hydrogen-bond donors (Lipinski definition) is 1. The molecule has 2 amide bonds. The first-order chi connectivity index (χ1) is 15.3.